The van der Waals surface area contributed by atoms with Gasteiger partial charge < -0.3 is 15.1 Å². The average Bonchev–Trinajstić information content (AvgIpc) is 2.76. The second-order valence-electron chi connectivity index (χ2n) is 7.18. The number of rotatable bonds is 4. The molecule has 1 saturated heterocycles. The Kier molecular flexibility index (Phi) is 5.37. The smallest absolute Gasteiger partial charge is 0.253 e. The van der Waals surface area contributed by atoms with Gasteiger partial charge in [0.15, 0.2) is 0 Å². The van der Waals surface area contributed by atoms with Gasteiger partial charge in [-0.1, -0.05) is 12.1 Å². The van der Waals surface area contributed by atoms with Gasteiger partial charge >= 0.3 is 0 Å². The first kappa shape index (κ1) is 18.9. The molecule has 7 heteroatoms. The van der Waals surface area contributed by atoms with Gasteiger partial charge in [0.05, 0.1) is 0 Å². The number of amides is 1. The number of hydrogen-bond acceptors (Lipinski definition) is 6. The summed E-state index contributed by atoms with van der Waals surface area (Å²) in [5.74, 6) is 2.37. The van der Waals surface area contributed by atoms with Crippen LogP contribution in [0.4, 0.5) is 17.5 Å². The van der Waals surface area contributed by atoms with Crippen LogP contribution in [-0.4, -0.2) is 51.9 Å². The molecule has 1 aliphatic rings. The lowest BCUT2D eigenvalue weighted by atomic mass is 10.1. The third-order valence-corrected chi connectivity index (χ3v) is 5.22. The number of anilines is 3. The fourth-order valence-corrected chi connectivity index (χ4v) is 3.35. The first-order valence-electron chi connectivity index (χ1n) is 9.72. The predicted molar refractivity (Wildman–Crippen MR) is 114 cm³/mol. The number of aromatic nitrogens is 3. The Bertz CT molecular complexity index is 999. The van der Waals surface area contributed by atoms with Crippen molar-refractivity contribution in [3.05, 3.63) is 71.7 Å². The third kappa shape index (κ3) is 4.34. The minimum Gasteiger partial charge on any atom is -0.353 e. The summed E-state index contributed by atoms with van der Waals surface area (Å²) < 4.78 is 0. The minimum atomic E-state index is 0.0907. The van der Waals surface area contributed by atoms with E-state index in [4.69, 9.17) is 0 Å². The van der Waals surface area contributed by atoms with Gasteiger partial charge in [-0.3, -0.25) is 4.79 Å². The van der Waals surface area contributed by atoms with E-state index >= 15 is 0 Å². The van der Waals surface area contributed by atoms with Crippen LogP contribution in [0.1, 0.15) is 21.5 Å². The number of hydrogen-bond donors (Lipinski definition) is 1. The van der Waals surface area contributed by atoms with Crippen molar-refractivity contribution in [3.8, 4) is 0 Å². The molecular formula is C22H24N6O. The van der Waals surface area contributed by atoms with E-state index in [0.717, 1.165) is 35.9 Å². The fraction of sp³-hybridized carbons (Fsp3) is 0.273. The molecule has 3 aromatic rings. The van der Waals surface area contributed by atoms with E-state index < -0.39 is 0 Å². The largest absolute Gasteiger partial charge is 0.353 e. The molecule has 1 amide bonds. The highest BCUT2D eigenvalue weighted by Crippen LogP contribution is 2.20. The van der Waals surface area contributed by atoms with Gasteiger partial charge in [0.25, 0.3) is 5.91 Å². The maximum Gasteiger partial charge on any atom is 0.253 e. The number of aryl methyl sites for hydroxylation is 2. The average molecular weight is 388 g/mol. The highest BCUT2D eigenvalue weighted by molar-refractivity contribution is 5.94. The van der Waals surface area contributed by atoms with Crippen molar-refractivity contribution in [2.75, 3.05) is 36.4 Å². The van der Waals surface area contributed by atoms with Crippen LogP contribution in [0.2, 0.25) is 0 Å². The summed E-state index contributed by atoms with van der Waals surface area (Å²) in [6, 6.07) is 13.5. The Hall–Kier alpha value is -3.48. The molecule has 7 nitrogen and oxygen atoms in total. The number of nitrogens with zero attached hydrogens (tertiary/aromatic N) is 5. The first-order chi connectivity index (χ1) is 14.1. The number of nitrogens with one attached hydrogen (secondary N) is 1. The zero-order chi connectivity index (χ0) is 20.2. The Balaban J connectivity index is 1.40. The van der Waals surface area contributed by atoms with E-state index in [0.29, 0.717) is 18.9 Å². The quantitative estimate of drug-likeness (QED) is 0.740. The van der Waals surface area contributed by atoms with Gasteiger partial charge in [0.1, 0.15) is 23.8 Å². The van der Waals surface area contributed by atoms with E-state index in [1.54, 1.807) is 12.5 Å². The summed E-state index contributed by atoms with van der Waals surface area (Å²) in [5, 5.41) is 3.19. The Morgan fingerprint density at radius 1 is 0.897 bits per heavy atom. The summed E-state index contributed by atoms with van der Waals surface area (Å²) in [6.45, 7) is 6.89. The minimum absolute atomic E-state index is 0.0907. The zero-order valence-corrected chi connectivity index (χ0v) is 16.7. The van der Waals surface area contributed by atoms with E-state index in [1.807, 2.05) is 54.3 Å². The van der Waals surface area contributed by atoms with Crippen molar-refractivity contribution < 1.29 is 4.79 Å². The molecule has 1 aromatic carbocycles. The van der Waals surface area contributed by atoms with Crippen LogP contribution in [0.5, 0.6) is 0 Å². The molecule has 3 heterocycles. The first-order valence-corrected chi connectivity index (χ1v) is 9.72. The second-order valence-corrected chi connectivity index (χ2v) is 7.18. The Labute approximate surface area is 170 Å². The molecule has 0 radical (unpaired) electrons. The van der Waals surface area contributed by atoms with E-state index in [9.17, 15) is 4.79 Å². The highest BCUT2D eigenvalue weighted by Gasteiger charge is 2.23. The van der Waals surface area contributed by atoms with Gasteiger partial charge in [0, 0.05) is 44.0 Å². The Morgan fingerprint density at radius 3 is 2.45 bits per heavy atom. The topological polar surface area (TPSA) is 74.2 Å². The summed E-state index contributed by atoms with van der Waals surface area (Å²) in [4.78, 5) is 29.9. The van der Waals surface area contributed by atoms with Crippen LogP contribution in [0, 0.1) is 13.8 Å². The van der Waals surface area contributed by atoms with Crippen molar-refractivity contribution in [3.63, 3.8) is 0 Å². The lowest BCUT2D eigenvalue weighted by molar-refractivity contribution is 0.0746. The van der Waals surface area contributed by atoms with Crippen molar-refractivity contribution in [2.45, 2.75) is 13.8 Å². The van der Waals surface area contributed by atoms with Gasteiger partial charge in [-0.25, -0.2) is 15.0 Å². The molecule has 2 aromatic heterocycles. The van der Waals surface area contributed by atoms with Gasteiger partial charge in [-0.05, 0) is 49.2 Å². The monoisotopic (exact) mass is 388 g/mol. The zero-order valence-electron chi connectivity index (χ0n) is 16.7. The van der Waals surface area contributed by atoms with Crippen molar-refractivity contribution in [2.24, 2.45) is 0 Å². The maximum atomic E-state index is 12.8. The molecule has 0 bridgehead atoms. The molecule has 1 fully saturated rings. The van der Waals surface area contributed by atoms with Crippen LogP contribution < -0.4 is 10.2 Å². The normalized spacial score (nSPS) is 14.0. The standard InChI is InChI=1S/C22H24N6O/c1-16-6-7-18(13-17(16)2)22(29)28-11-9-27(10-12-28)21-14-20(24-15-25-21)26-19-5-3-4-8-23-19/h3-8,13-15H,9-12H2,1-2H3,(H,23,24,25,26). The molecule has 4 rings (SSSR count). The van der Waals surface area contributed by atoms with Crippen LogP contribution in [0.25, 0.3) is 0 Å². The van der Waals surface area contributed by atoms with E-state index in [2.05, 4.69) is 32.1 Å². The molecular weight excluding hydrogens is 364 g/mol. The number of piperazine rings is 1. The SMILES string of the molecule is Cc1ccc(C(=O)N2CCN(c3cc(Nc4ccccn4)ncn3)CC2)cc1C. The van der Waals surface area contributed by atoms with Crippen LogP contribution in [0.15, 0.2) is 55.0 Å². The predicted octanol–water partition coefficient (Wildman–Crippen LogP) is 3.19. The lowest BCUT2D eigenvalue weighted by Gasteiger charge is -2.35. The van der Waals surface area contributed by atoms with Crippen LogP contribution in [0.3, 0.4) is 0 Å². The number of carbonyl (C=O) groups is 1. The molecule has 0 aliphatic carbocycles. The second kappa shape index (κ2) is 8.26. The fourth-order valence-electron chi connectivity index (χ4n) is 3.35. The molecule has 0 spiro atoms. The molecule has 0 unspecified atom stereocenters. The number of benzene rings is 1. The van der Waals surface area contributed by atoms with Crippen LogP contribution in [-0.2, 0) is 0 Å². The summed E-state index contributed by atoms with van der Waals surface area (Å²) >= 11 is 0. The third-order valence-electron chi connectivity index (χ3n) is 5.22. The van der Waals surface area contributed by atoms with E-state index in [-0.39, 0.29) is 5.91 Å². The summed E-state index contributed by atoms with van der Waals surface area (Å²) in [6.07, 6.45) is 3.28. The molecule has 1 aliphatic heterocycles. The molecule has 1 N–H and O–H groups in total. The molecule has 0 atom stereocenters. The van der Waals surface area contributed by atoms with Crippen molar-refractivity contribution in [1.82, 2.24) is 19.9 Å². The van der Waals surface area contributed by atoms with Gasteiger partial charge in [-0.2, -0.15) is 0 Å². The molecule has 29 heavy (non-hydrogen) atoms. The molecule has 0 saturated carbocycles. The highest BCUT2D eigenvalue weighted by atomic mass is 16.2. The number of carbonyl (C=O) groups excluding carboxylic acids is 1. The van der Waals surface area contributed by atoms with E-state index in [1.165, 1.54) is 5.56 Å². The summed E-state index contributed by atoms with van der Waals surface area (Å²) in [5.41, 5.74) is 3.10. The van der Waals surface area contributed by atoms with Crippen molar-refractivity contribution in [1.29, 1.82) is 0 Å². The Morgan fingerprint density at radius 2 is 1.72 bits per heavy atom. The van der Waals surface area contributed by atoms with Crippen LogP contribution >= 0.6 is 0 Å². The number of pyridine rings is 1. The maximum absolute atomic E-state index is 12.8. The lowest BCUT2D eigenvalue weighted by Crippen LogP contribution is -2.49. The van der Waals surface area contributed by atoms with Crippen molar-refractivity contribution >= 4 is 23.4 Å². The summed E-state index contributed by atoms with van der Waals surface area (Å²) in [7, 11) is 0. The van der Waals surface area contributed by atoms with Gasteiger partial charge in [0.2, 0.25) is 0 Å². The van der Waals surface area contributed by atoms with Gasteiger partial charge in [-0.15, -0.1) is 0 Å². The molecule has 148 valence electrons.